The monoisotopic (exact) mass is 295 g/mol. The smallest absolute Gasteiger partial charge is 0.0417 e. The SMILES string of the molecule is O=C([O-])CC1CCC(c2ccc(Br)cc2)CC1. The van der Waals surface area contributed by atoms with Crippen LogP contribution in [0.1, 0.15) is 43.6 Å². The Labute approximate surface area is 110 Å². The lowest BCUT2D eigenvalue weighted by atomic mass is 9.77. The second-order valence-electron chi connectivity index (χ2n) is 4.85. The highest BCUT2D eigenvalue weighted by Crippen LogP contribution is 2.37. The van der Waals surface area contributed by atoms with Crippen molar-refractivity contribution in [3.05, 3.63) is 34.3 Å². The molecular formula is C14H16BrO2-. The lowest BCUT2D eigenvalue weighted by molar-refractivity contribution is -0.307. The molecule has 1 aromatic rings. The van der Waals surface area contributed by atoms with Crippen molar-refractivity contribution in [3.8, 4) is 0 Å². The van der Waals surface area contributed by atoms with Gasteiger partial charge in [0.05, 0.1) is 0 Å². The van der Waals surface area contributed by atoms with Gasteiger partial charge < -0.3 is 9.90 Å². The number of carbonyl (C=O) groups excluding carboxylic acids is 1. The molecule has 0 amide bonds. The van der Waals surface area contributed by atoms with E-state index in [9.17, 15) is 9.90 Å². The van der Waals surface area contributed by atoms with Gasteiger partial charge in [0.2, 0.25) is 0 Å². The minimum atomic E-state index is -0.905. The van der Waals surface area contributed by atoms with Gasteiger partial charge >= 0.3 is 0 Å². The predicted molar refractivity (Wildman–Crippen MR) is 68.5 cm³/mol. The first-order chi connectivity index (χ1) is 8.15. The van der Waals surface area contributed by atoms with E-state index >= 15 is 0 Å². The van der Waals surface area contributed by atoms with Gasteiger partial charge in [0.1, 0.15) is 0 Å². The molecule has 0 aliphatic heterocycles. The van der Waals surface area contributed by atoms with Crippen LogP contribution in [0.15, 0.2) is 28.7 Å². The molecule has 0 N–H and O–H groups in total. The average molecular weight is 296 g/mol. The van der Waals surface area contributed by atoms with Crippen LogP contribution >= 0.6 is 15.9 Å². The fraction of sp³-hybridized carbons (Fsp3) is 0.500. The van der Waals surface area contributed by atoms with Crippen molar-refractivity contribution in [1.82, 2.24) is 0 Å². The van der Waals surface area contributed by atoms with Gasteiger partial charge in [-0.2, -0.15) is 0 Å². The quantitative estimate of drug-likeness (QED) is 0.860. The second-order valence-corrected chi connectivity index (χ2v) is 5.76. The lowest BCUT2D eigenvalue weighted by Crippen LogP contribution is -2.26. The molecule has 0 spiro atoms. The summed E-state index contributed by atoms with van der Waals surface area (Å²) in [6.45, 7) is 0. The minimum Gasteiger partial charge on any atom is -0.550 e. The molecule has 17 heavy (non-hydrogen) atoms. The van der Waals surface area contributed by atoms with Crippen LogP contribution in [0.4, 0.5) is 0 Å². The molecule has 0 unspecified atom stereocenters. The molecule has 0 atom stereocenters. The molecule has 0 heterocycles. The fourth-order valence-corrected chi connectivity index (χ4v) is 2.93. The minimum absolute atomic E-state index is 0.229. The van der Waals surface area contributed by atoms with Crippen molar-refractivity contribution in [2.75, 3.05) is 0 Å². The van der Waals surface area contributed by atoms with E-state index in [4.69, 9.17) is 0 Å². The van der Waals surface area contributed by atoms with E-state index in [1.165, 1.54) is 5.56 Å². The highest BCUT2D eigenvalue weighted by atomic mass is 79.9. The zero-order chi connectivity index (χ0) is 12.3. The summed E-state index contributed by atoms with van der Waals surface area (Å²) in [5.41, 5.74) is 1.38. The van der Waals surface area contributed by atoms with Crippen LogP contribution < -0.4 is 5.11 Å². The first-order valence-electron chi connectivity index (χ1n) is 6.10. The zero-order valence-electron chi connectivity index (χ0n) is 9.69. The summed E-state index contributed by atoms with van der Waals surface area (Å²) in [5.74, 6) is 0.0184. The third-order valence-electron chi connectivity index (χ3n) is 3.64. The Morgan fingerprint density at radius 3 is 2.29 bits per heavy atom. The van der Waals surface area contributed by atoms with Crippen molar-refractivity contribution < 1.29 is 9.90 Å². The number of hydrogen-bond donors (Lipinski definition) is 0. The largest absolute Gasteiger partial charge is 0.550 e. The molecule has 0 bridgehead atoms. The highest BCUT2D eigenvalue weighted by Gasteiger charge is 2.22. The Morgan fingerprint density at radius 2 is 1.76 bits per heavy atom. The van der Waals surface area contributed by atoms with Crippen LogP contribution in [0.25, 0.3) is 0 Å². The van der Waals surface area contributed by atoms with Crippen molar-refractivity contribution in [1.29, 1.82) is 0 Å². The third-order valence-corrected chi connectivity index (χ3v) is 4.17. The van der Waals surface area contributed by atoms with Crippen molar-refractivity contribution in [2.45, 2.75) is 38.0 Å². The molecule has 1 saturated carbocycles. The van der Waals surface area contributed by atoms with Crippen LogP contribution in [0, 0.1) is 5.92 Å². The number of aliphatic carboxylic acids is 1. The van der Waals surface area contributed by atoms with E-state index in [1.54, 1.807) is 0 Å². The highest BCUT2D eigenvalue weighted by molar-refractivity contribution is 9.10. The Hall–Kier alpha value is -0.830. The van der Waals surface area contributed by atoms with E-state index in [1.807, 2.05) is 0 Å². The van der Waals surface area contributed by atoms with E-state index < -0.39 is 5.97 Å². The molecule has 0 aromatic heterocycles. The van der Waals surface area contributed by atoms with Gasteiger partial charge in [0, 0.05) is 10.4 Å². The number of carboxylic acids is 1. The summed E-state index contributed by atoms with van der Waals surface area (Å²) in [7, 11) is 0. The topological polar surface area (TPSA) is 40.1 Å². The Morgan fingerprint density at radius 1 is 1.18 bits per heavy atom. The summed E-state index contributed by atoms with van der Waals surface area (Å²) in [6, 6.07) is 8.47. The zero-order valence-corrected chi connectivity index (χ0v) is 11.3. The third kappa shape index (κ3) is 3.56. The molecule has 0 radical (unpaired) electrons. The summed E-state index contributed by atoms with van der Waals surface area (Å²) in [6.07, 6.45) is 4.44. The van der Waals surface area contributed by atoms with Crippen molar-refractivity contribution in [3.63, 3.8) is 0 Å². The standard InChI is InChI=1S/C14H17BrO2/c15-13-7-5-12(6-8-13)11-3-1-10(2-4-11)9-14(16)17/h5-8,10-11H,1-4,9H2,(H,16,17)/p-1. The molecule has 3 heteroatoms. The fourth-order valence-electron chi connectivity index (χ4n) is 2.67. The molecule has 0 saturated heterocycles. The number of hydrogen-bond acceptors (Lipinski definition) is 2. The lowest BCUT2D eigenvalue weighted by Gasteiger charge is -2.29. The van der Waals surface area contributed by atoms with Gasteiger partial charge in [-0.1, -0.05) is 28.1 Å². The normalized spacial score (nSPS) is 24.5. The number of carbonyl (C=O) groups is 1. The van der Waals surface area contributed by atoms with Gasteiger partial charge in [-0.25, -0.2) is 0 Å². The number of halogens is 1. The van der Waals surface area contributed by atoms with Gasteiger partial charge in [-0.3, -0.25) is 0 Å². The number of benzene rings is 1. The molecular weight excluding hydrogens is 280 g/mol. The van der Waals surface area contributed by atoms with Crippen molar-refractivity contribution >= 4 is 21.9 Å². The van der Waals surface area contributed by atoms with Crippen LogP contribution in [-0.4, -0.2) is 5.97 Å². The molecule has 92 valence electrons. The number of rotatable bonds is 3. The predicted octanol–water partition coefficient (Wildman–Crippen LogP) is 2.86. The maximum Gasteiger partial charge on any atom is 0.0417 e. The van der Waals surface area contributed by atoms with Gasteiger partial charge in [0.25, 0.3) is 0 Å². The Bertz CT molecular complexity index is 378. The number of carboxylic acid groups (broad SMARTS) is 1. The van der Waals surface area contributed by atoms with Gasteiger partial charge in [-0.15, -0.1) is 0 Å². The molecule has 1 fully saturated rings. The molecule has 2 rings (SSSR count). The second kappa shape index (κ2) is 5.67. The maximum atomic E-state index is 10.5. The van der Waals surface area contributed by atoms with Crippen LogP contribution in [0.2, 0.25) is 0 Å². The van der Waals surface area contributed by atoms with E-state index in [0.717, 1.165) is 30.2 Å². The summed E-state index contributed by atoms with van der Waals surface area (Å²) in [5, 5.41) is 10.5. The molecule has 1 aromatic carbocycles. The van der Waals surface area contributed by atoms with Gasteiger partial charge in [0.15, 0.2) is 0 Å². The molecule has 1 aliphatic carbocycles. The summed E-state index contributed by atoms with van der Waals surface area (Å²) in [4.78, 5) is 10.5. The Balaban J connectivity index is 1.90. The molecule has 2 nitrogen and oxygen atoms in total. The molecule has 1 aliphatic rings. The first-order valence-corrected chi connectivity index (χ1v) is 6.90. The first kappa shape index (κ1) is 12.6. The Kier molecular flexibility index (Phi) is 4.21. The van der Waals surface area contributed by atoms with E-state index in [-0.39, 0.29) is 6.42 Å². The van der Waals surface area contributed by atoms with Gasteiger partial charge in [-0.05, 0) is 61.6 Å². The van der Waals surface area contributed by atoms with Crippen LogP contribution in [0.5, 0.6) is 0 Å². The van der Waals surface area contributed by atoms with E-state index in [0.29, 0.717) is 11.8 Å². The maximum absolute atomic E-state index is 10.5. The van der Waals surface area contributed by atoms with Crippen LogP contribution in [-0.2, 0) is 4.79 Å². The van der Waals surface area contributed by atoms with Crippen molar-refractivity contribution in [2.24, 2.45) is 5.92 Å². The average Bonchev–Trinajstić information content (AvgIpc) is 2.30. The van der Waals surface area contributed by atoms with E-state index in [2.05, 4.69) is 40.2 Å². The summed E-state index contributed by atoms with van der Waals surface area (Å²) >= 11 is 3.43. The van der Waals surface area contributed by atoms with Crippen LogP contribution in [0.3, 0.4) is 0 Å². The summed E-state index contributed by atoms with van der Waals surface area (Å²) < 4.78 is 1.10.